The van der Waals surface area contributed by atoms with Gasteiger partial charge in [-0.1, -0.05) is 0 Å². The average molecular weight is 235 g/mol. The van der Waals surface area contributed by atoms with Crippen LogP contribution in [0.4, 0.5) is 10.3 Å². The number of halogens is 1. The molecule has 2 aromatic rings. The Kier molecular flexibility index (Phi) is 2.55. The molecular formula is C11H10FN3O2. The molecule has 88 valence electrons. The zero-order valence-electron chi connectivity index (χ0n) is 8.99. The highest BCUT2D eigenvalue weighted by molar-refractivity contribution is 5.89. The van der Waals surface area contributed by atoms with Crippen molar-refractivity contribution >= 4 is 11.9 Å². The van der Waals surface area contributed by atoms with Crippen LogP contribution in [0.3, 0.4) is 0 Å². The van der Waals surface area contributed by atoms with Crippen LogP contribution in [0.2, 0.25) is 0 Å². The number of imidazole rings is 1. The molecule has 1 aromatic heterocycles. The minimum Gasteiger partial charge on any atom is -0.478 e. The van der Waals surface area contributed by atoms with E-state index in [-0.39, 0.29) is 11.5 Å². The SMILES string of the molecule is Cc1[nH]c(N)nc1-c1ccc(F)c(C(=O)O)c1. The molecule has 0 radical (unpaired) electrons. The maximum Gasteiger partial charge on any atom is 0.338 e. The lowest BCUT2D eigenvalue weighted by molar-refractivity contribution is 0.0692. The first-order chi connectivity index (χ1) is 7.99. The summed E-state index contributed by atoms with van der Waals surface area (Å²) in [5, 5.41) is 8.82. The second kappa shape index (κ2) is 3.89. The Morgan fingerprint density at radius 2 is 2.24 bits per heavy atom. The number of hydrogen-bond acceptors (Lipinski definition) is 3. The molecule has 0 atom stereocenters. The number of nitrogens with zero attached hydrogens (tertiary/aromatic N) is 1. The molecule has 0 saturated carbocycles. The number of aromatic carboxylic acids is 1. The number of carboxylic acids is 1. The fourth-order valence-electron chi connectivity index (χ4n) is 1.60. The molecular weight excluding hydrogens is 225 g/mol. The number of benzene rings is 1. The van der Waals surface area contributed by atoms with E-state index in [1.807, 2.05) is 0 Å². The number of rotatable bonds is 2. The monoisotopic (exact) mass is 235 g/mol. The number of nitrogens with two attached hydrogens (primary N) is 1. The summed E-state index contributed by atoms with van der Waals surface area (Å²) in [4.78, 5) is 17.6. The summed E-state index contributed by atoms with van der Waals surface area (Å²) in [6.07, 6.45) is 0. The Bertz CT molecular complexity index is 592. The number of aryl methyl sites for hydroxylation is 1. The van der Waals surface area contributed by atoms with Gasteiger partial charge in [0, 0.05) is 11.3 Å². The van der Waals surface area contributed by atoms with Gasteiger partial charge in [-0.25, -0.2) is 14.2 Å². The van der Waals surface area contributed by atoms with Crippen molar-refractivity contribution in [2.45, 2.75) is 6.92 Å². The Labute approximate surface area is 96.1 Å². The van der Waals surface area contributed by atoms with Crippen LogP contribution in [0.5, 0.6) is 0 Å². The first kappa shape index (κ1) is 11.1. The van der Waals surface area contributed by atoms with E-state index in [2.05, 4.69) is 9.97 Å². The smallest absolute Gasteiger partial charge is 0.338 e. The van der Waals surface area contributed by atoms with Crippen LogP contribution in [-0.2, 0) is 0 Å². The molecule has 0 spiro atoms. The van der Waals surface area contributed by atoms with E-state index in [1.165, 1.54) is 12.1 Å². The van der Waals surface area contributed by atoms with Crippen LogP contribution in [0, 0.1) is 12.7 Å². The minimum absolute atomic E-state index is 0.235. The molecule has 0 aliphatic heterocycles. The lowest BCUT2D eigenvalue weighted by Gasteiger charge is -2.02. The topological polar surface area (TPSA) is 92.0 Å². The number of H-pyrrole nitrogens is 1. The molecule has 17 heavy (non-hydrogen) atoms. The zero-order valence-corrected chi connectivity index (χ0v) is 8.99. The van der Waals surface area contributed by atoms with Crippen molar-refractivity contribution in [2.24, 2.45) is 0 Å². The summed E-state index contributed by atoms with van der Waals surface area (Å²) < 4.78 is 13.2. The van der Waals surface area contributed by atoms with E-state index < -0.39 is 11.8 Å². The second-order valence-electron chi connectivity index (χ2n) is 3.60. The molecule has 0 aliphatic carbocycles. The summed E-state index contributed by atoms with van der Waals surface area (Å²) in [6, 6.07) is 3.80. The summed E-state index contributed by atoms with van der Waals surface area (Å²) >= 11 is 0. The number of nitrogen functional groups attached to an aromatic ring is 1. The van der Waals surface area contributed by atoms with Crippen molar-refractivity contribution in [1.82, 2.24) is 9.97 Å². The summed E-state index contributed by atoms with van der Waals surface area (Å²) in [6.45, 7) is 1.75. The molecule has 0 aliphatic rings. The predicted molar refractivity (Wildman–Crippen MR) is 60.1 cm³/mol. The van der Waals surface area contributed by atoms with Gasteiger partial charge in [0.05, 0.1) is 11.3 Å². The van der Waals surface area contributed by atoms with E-state index in [4.69, 9.17) is 10.8 Å². The number of carboxylic acid groups (broad SMARTS) is 1. The average Bonchev–Trinajstić information content (AvgIpc) is 2.58. The van der Waals surface area contributed by atoms with Crippen molar-refractivity contribution in [3.63, 3.8) is 0 Å². The lowest BCUT2D eigenvalue weighted by Crippen LogP contribution is -2.00. The largest absolute Gasteiger partial charge is 0.478 e. The summed E-state index contributed by atoms with van der Waals surface area (Å²) in [7, 11) is 0. The number of anilines is 1. The minimum atomic E-state index is -1.31. The highest BCUT2D eigenvalue weighted by Gasteiger charge is 2.14. The van der Waals surface area contributed by atoms with Gasteiger partial charge in [-0.2, -0.15) is 0 Å². The van der Waals surface area contributed by atoms with Gasteiger partial charge >= 0.3 is 5.97 Å². The quantitative estimate of drug-likeness (QED) is 0.740. The van der Waals surface area contributed by atoms with E-state index in [0.29, 0.717) is 17.0 Å². The number of aromatic amines is 1. The Morgan fingerprint density at radius 3 is 2.76 bits per heavy atom. The first-order valence-electron chi connectivity index (χ1n) is 4.84. The van der Waals surface area contributed by atoms with E-state index >= 15 is 0 Å². The van der Waals surface area contributed by atoms with Crippen molar-refractivity contribution in [3.05, 3.63) is 35.3 Å². The van der Waals surface area contributed by atoms with Crippen molar-refractivity contribution in [2.75, 3.05) is 5.73 Å². The van der Waals surface area contributed by atoms with E-state index in [0.717, 1.165) is 6.07 Å². The molecule has 0 fully saturated rings. The van der Waals surface area contributed by atoms with Crippen LogP contribution in [0.25, 0.3) is 11.3 Å². The number of hydrogen-bond donors (Lipinski definition) is 3. The molecule has 1 aromatic carbocycles. The fraction of sp³-hybridized carbons (Fsp3) is 0.0909. The van der Waals surface area contributed by atoms with Gasteiger partial charge in [0.1, 0.15) is 5.82 Å². The predicted octanol–water partition coefficient (Wildman–Crippen LogP) is 1.80. The molecule has 4 N–H and O–H groups in total. The zero-order chi connectivity index (χ0) is 12.6. The van der Waals surface area contributed by atoms with Gasteiger partial charge in [-0.3, -0.25) is 0 Å². The maximum absolute atomic E-state index is 13.2. The molecule has 5 nitrogen and oxygen atoms in total. The molecule has 1 heterocycles. The molecule has 0 bridgehead atoms. The van der Waals surface area contributed by atoms with E-state index in [9.17, 15) is 9.18 Å². The van der Waals surface area contributed by atoms with Gasteiger partial charge in [-0.05, 0) is 25.1 Å². The highest BCUT2D eigenvalue weighted by atomic mass is 19.1. The third-order valence-electron chi connectivity index (χ3n) is 2.37. The molecule has 0 unspecified atom stereocenters. The number of aromatic nitrogens is 2. The fourth-order valence-corrected chi connectivity index (χ4v) is 1.60. The first-order valence-corrected chi connectivity index (χ1v) is 4.84. The van der Waals surface area contributed by atoms with Crippen LogP contribution in [-0.4, -0.2) is 21.0 Å². The molecule has 0 saturated heterocycles. The number of carbonyl (C=O) groups is 1. The van der Waals surface area contributed by atoms with Crippen molar-refractivity contribution in [1.29, 1.82) is 0 Å². The second-order valence-corrected chi connectivity index (χ2v) is 3.60. The van der Waals surface area contributed by atoms with Crippen molar-refractivity contribution < 1.29 is 14.3 Å². The standard InChI is InChI=1S/C11H10FN3O2/c1-5-9(15-11(13)14-5)6-2-3-8(12)7(4-6)10(16)17/h2-4H,1H3,(H,16,17)(H3,13,14,15). The van der Waals surface area contributed by atoms with Crippen LogP contribution >= 0.6 is 0 Å². The molecule has 0 amide bonds. The molecule has 2 rings (SSSR count). The Balaban J connectivity index is 2.57. The third-order valence-corrected chi connectivity index (χ3v) is 2.37. The van der Waals surface area contributed by atoms with E-state index in [1.54, 1.807) is 6.92 Å². The van der Waals surface area contributed by atoms with Crippen LogP contribution < -0.4 is 5.73 Å². The number of nitrogens with one attached hydrogen (secondary N) is 1. The van der Waals surface area contributed by atoms with Crippen LogP contribution in [0.1, 0.15) is 16.1 Å². The lowest BCUT2D eigenvalue weighted by atomic mass is 10.1. The third kappa shape index (κ3) is 1.96. The Hall–Kier alpha value is -2.37. The van der Waals surface area contributed by atoms with Gasteiger partial charge in [-0.15, -0.1) is 0 Å². The van der Waals surface area contributed by atoms with Gasteiger partial charge in [0.15, 0.2) is 5.95 Å². The summed E-state index contributed by atoms with van der Waals surface area (Å²) in [5.74, 6) is -1.85. The summed E-state index contributed by atoms with van der Waals surface area (Å²) in [5.41, 5.74) is 6.83. The Morgan fingerprint density at radius 1 is 1.53 bits per heavy atom. The maximum atomic E-state index is 13.2. The van der Waals surface area contributed by atoms with Gasteiger partial charge < -0.3 is 15.8 Å². The molecule has 6 heteroatoms. The van der Waals surface area contributed by atoms with Crippen molar-refractivity contribution in [3.8, 4) is 11.3 Å². The van der Waals surface area contributed by atoms with Crippen LogP contribution in [0.15, 0.2) is 18.2 Å². The normalized spacial score (nSPS) is 10.5. The highest BCUT2D eigenvalue weighted by Crippen LogP contribution is 2.24. The van der Waals surface area contributed by atoms with Gasteiger partial charge in [0.25, 0.3) is 0 Å². The van der Waals surface area contributed by atoms with Gasteiger partial charge in [0.2, 0.25) is 0 Å².